The average Bonchev–Trinajstić information content (AvgIpc) is 2.63. The van der Waals surface area contributed by atoms with Gasteiger partial charge in [-0.2, -0.15) is 0 Å². The van der Waals surface area contributed by atoms with Gasteiger partial charge in [0, 0.05) is 10.1 Å². The van der Waals surface area contributed by atoms with Gasteiger partial charge in [-0.3, -0.25) is 4.21 Å². The van der Waals surface area contributed by atoms with Crippen LogP contribution >= 0.6 is 0 Å². The summed E-state index contributed by atoms with van der Waals surface area (Å²) in [7, 11) is -0.899. The molecule has 100 valence electrons. The monoisotopic (exact) mass is 265 g/mol. The van der Waals surface area contributed by atoms with Gasteiger partial charge in [-0.25, -0.2) is 0 Å². The SMILES string of the molecule is Cc1ccc(S(=O)C2CCCCCC2CN)cc1. The molecule has 3 heteroatoms. The minimum atomic E-state index is -0.899. The third kappa shape index (κ3) is 3.21. The lowest BCUT2D eigenvalue weighted by atomic mass is 10.0. The van der Waals surface area contributed by atoms with Crippen LogP contribution in [0.1, 0.15) is 37.7 Å². The normalized spacial score (nSPS) is 26.6. The molecule has 0 bridgehead atoms. The summed E-state index contributed by atoms with van der Waals surface area (Å²) >= 11 is 0. The highest BCUT2D eigenvalue weighted by atomic mass is 32.2. The Morgan fingerprint density at radius 2 is 1.83 bits per heavy atom. The van der Waals surface area contributed by atoms with E-state index >= 15 is 0 Å². The Balaban J connectivity index is 2.17. The Labute approximate surface area is 112 Å². The Hall–Kier alpha value is -0.670. The van der Waals surface area contributed by atoms with Gasteiger partial charge in [0.1, 0.15) is 0 Å². The van der Waals surface area contributed by atoms with Crippen LogP contribution in [0.4, 0.5) is 0 Å². The predicted octanol–water partition coefficient (Wildman–Crippen LogP) is 3.01. The van der Waals surface area contributed by atoms with Gasteiger partial charge in [0.05, 0.1) is 10.8 Å². The number of hydrogen-bond acceptors (Lipinski definition) is 2. The van der Waals surface area contributed by atoms with E-state index in [2.05, 4.69) is 6.92 Å². The van der Waals surface area contributed by atoms with Crippen molar-refractivity contribution >= 4 is 10.8 Å². The molecule has 2 rings (SSSR count). The molecule has 1 saturated carbocycles. The van der Waals surface area contributed by atoms with Gasteiger partial charge in [0.25, 0.3) is 0 Å². The summed E-state index contributed by atoms with van der Waals surface area (Å²) in [6.45, 7) is 2.73. The van der Waals surface area contributed by atoms with Crippen LogP contribution in [0.2, 0.25) is 0 Å². The van der Waals surface area contributed by atoms with Gasteiger partial charge in [0.15, 0.2) is 0 Å². The summed E-state index contributed by atoms with van der Waals surface area (Å²) in [5.41, 5.74) is 7.08. The maximum Gasteiger partial charge on any atom is 0.0564 e. The van der Waals surface area contributed by atoms with Crippen LogP contribution in [-0.4, -0.2) is 16.0 Å². The van der Waals surface area contributed by atoms with Crippen molar-refractivity contribution in [2.45, 2.75) is 49.2 Å². The third-order valence-corrected chi connectivity index (χ3v) is 5.83. The van der Waals surface area contributed by atoms with Crippen LogP contribution in [0.3, 0.4) is 0 Å². The highest BCUT2D eigenvalue weighted by Crippen LogP contribution is 2.29. The smallest absolute Gasteiger partial charge is 0.0564 e. The first kappa shape index (κ1) is 13.8. The molecule has 1 aromatic rings. The molecule has 1 fully saturated rings. The highest BCUT2D eigenvalue weighted by molar-refractivity contribution is 7.85. The fourth-order valence-corrected chi connectivity index (χ4v) is 4.48. The second-order valence-electron chi connectivity index (χ2n) is 5.28. The molecule has 18 heavy (non-hydrogen) atoms. The molecule has 1 aliphatic rings. The standard InChI is InChI=1S/C15H23NOS/c1-12-7-9-14(10-8-12)18(17)15-6-4-2-3-5-13(15)11-16/h7-10,13,15H,2-6,11,16H2,1H3. The first-order chi connectivity index (χ1) is 8.72. The topological polar surface area (TPSA) is 43.1 Å². The van der Waals surface area contributed by atoms with Crippen molar-refractivity contribution in [1.82, 2.24) is 0 Å². The third-order valence-electron chi connectivity index (χ3n) is 3.92. The molecule has 0 radical (unpaired) electrons. The van der Waals surface area contributed by atoms with Crippen LogP contribution < -0.4 is 5.73 Å². The van der Waals surface area contributed by atoms with Gasteiger partial charge >= 0.3 is 0 Å². The van der Waals surface area contributed by atoms with E-state index in [1.807, 2.05) is 24.3 Å². The molecule has 1 aliphatic carbocycles. The lowest BCUT2D eigenvalue weighted by molar-refractivity contribution is 0.473. The van der Waals surface area contributed by atoms with Crippen molar-refractivity contribution in [3.63, 3.8) is 0 Å². The van der Waals surface area contributed by atoms with Crippen molar-refractivity contribution in [2.24, 2.45) is 11.7 Å². The molecule has 2 nitrogen and oxygen atoms in total. The molecule has 3 atom stereocenters. The minimum Gasteiger partial charge on any atom is -0.330 e. The largest absolute Gasteiger partial charge is 0.330 e. The minimum absolute atomic E-state index is 0.250. The van der Waals surface area contributed by atoms with E-state index in [9.17, 15) is 4.21 Å². The van der Waals surface area contributed by atoms with E-state index < -0.39 is 10.8 Å². The quantitative estimate of drug-likeness (QED) is 0.854. The predicted molar refractivity (Wildman–Crippen MR) is 77.0 cm³/mol. The maximum absolute atomic E-state index is 12.7. The number of aryl methyl sites for hydroxylation is 1. The second-order valence-corrected chi connectivity index (χ2v) is 6.95. The number of benzene rings is 1. The summed E-state index contributed by atoms with van der Waals surface area (Å²) in [4.78, 5) is 0.964. The van der Waals surface area contributed by atoms with Gasteiger partial charge in [-0.05, 0) is 44.4 Å². The first-order valence-corrected chi connectivity index (χ1v) is 8.11. The van der Waals surface area contributed by atoms with Crippen LogP contribution in [0.5, 0.6) is 0 Å². The van der Waals surface area contributed by atoms with Crippen molar-refractivity contribution in [3.8, 4) is 0 Å². The molecule has 2 N–H and O–H groups in total. The summed E-state index contributed by atoms with van der Waals surface area (Å²) in [5.74, 6) is 0.426. The number of nitrogens with two attached hydrogens (primary N) is 1. The van der Waals surface area contributed by atoms with Gasteiger partial charge < -0.3 is 5.73 Å². The van der Waals surface area contributed by atoms with E-state index in [4.69, 9.17) is 5.73 Å². The average molecular weight is 265 g/mol. The Morgan fingerprint density at radius 1 is 1.17 bits per heavy atom. The van der Waals surface area contributed by atoms with Crippen molar-refractivity contribution < 1.29 is 4.21 Å². The van der Waals surface area contributed by atoms with E-state index in [0.29, 0.717) is 12.5 Å². The molecule has 0 aliphatic heterocycles. The first-order valence-electron chi connectivity index (χ1n) is 6.89. The molecular weight excluding hydrogens is 242 g/mol. The molecular formula is C15H23NOS. The van der Waals surface area contributed by atoms with Gasteiger partial charge in [0.2, 0.25) is 0 Å². The Kier molecular flexibility index (Phi) is 4.95. The molecule has 0 spiro atoms. The molecule has 3 unspecified atom stereocenters. The molecule has 1 aromatic carbocycles. The zero-order valence-corrected chi connectivity index (χ0v) is 11.9. The van der Waals surface area contributed by atoms with E-state index in [-0.39, 0.29) is 5.25 Å². The van der Waals surface area contributed by atoms with Crippen LogP contribution in [-0.2, 0) is 10.8 Å². The van der Waals surface area contributed by atoms with Crippen molar-refractivity contribution in [3.05, 3.63) is 29.8 Å². The Morgan fingerprint density at radius 3 is 2.50 bits per heavy atom. The van der Waals surface area contributed by atoms with Gasteiger partial charge in [-0.1, -0.05) is 37.0 Å². The van der Waals surface area contributed by atoms with E-state index in [0.717, 1.165) is 17.7 Å². The van der Waals surface area contributed by atoms with Crippen LogP contribution in [0, 0.1) is 12.8 Å². The van der Waals surface area contributed by atoms with E-state index in [1.54, 1.807) is 0 Å². The Bertz CT molecular complexity index is 401. The molecule has 0 heterocycles. The molecule has 0 aromatic heterocycles. The number of rotatable bonds is 3. The number of hydrogen-bond donors (Lipinski definition) is 1. The lowest BCUT2D eigenvalue weighted by Gasteiger charge is -2.23. The highest BCUT2D eigenvalue weighted by Gasteiger charge is 2.28. The molecule has 0 saturated heterocycles. The fraction of sp³-hybridized carbons (Fsp3) is 0.600. The zero-order chi connectivity index (χ0) is 13.0. The van der Waals surface area contributed by atoms with Crippen molar-refractivity contribution in [2.75, 3.05) is 6.54 Å². The second kappa shape index (κ2) is 6.48. The van der Waals surface area contributed by atoms with E-state index in [1.165, 1.54) is 24.8 Å². The zero-order valence-electron chi connectivity index (χ0n) is 11.1. The summed E-state index contributed by atoms with van der Waals surface area (Å²) < 4.78 is 12.7. The fourth-order valence-electron chi connectivity index (χ4n) is 2.75. The van der Waals surface area contributed by atoms with Crippen molar-refractivity contribution in [1.29, 1.82) is 0 Å². The van der Waals surface area contributed by atoms with Crippen LogP contribution in [0.15, 0.2) is 29.2 Å². The lowest BCUT2D eigenvalue weighted by Crippen LogP contribution is -2.30. The van der Waals surface area contributed by atoms with Crippen LogP contribution in [0.25, 0.3) is 0 Å². The summed E-state index contributed by atoms with van der Waals surface area (Å²) in [6.07, 6.45) is 5.89. The van der Waals surface area contributed by atoms with Gasteiger partial charge in [-0.15, -0.1) is 0 Å². The summed E-state index contributed by atoms with van der Waals surface area (Å²) in [5, 5.41) is 0.250. The maximum atomic E-state index is 12.7. The molecule has 0 amide bonds. The summed E-state index contributed by atoms with van der Waals surface area (Å²) in [6, 6.07) is 8.09.